The number of esters is 1. The van der Waals surface area contributed by atoms with Crippen LogP contribution < -0.4 is 4.74 Å². The molecule has 0 spiro atoms. The Kier molecular flexibility index (Phi) is 8.96. The summed E-state index contributed by atoms with van der Waals surface area (Å²) in [5, 5.41) is 4.16. The van der Waals surface area contributed by atoms with Crippen molar-refractivity contribution < 1.29 is 27.9 Å². The zero-order chi connectivity index (χ0) is 28.9. The smallest absolute Gasteiger partial charge is 0.320 e. The number of hydrogen-bond acceptors (Lipinski definition) is 8. The van der Waals surface area contributed by atoms with Crippen molar-refractivity contribution >= 4 is 5.97 Å². The minimum atomic E-state index is -0.509. The second-order valence-electron chi connectivity index (χ2n) is 10.5. The number of nitrogens with zero attached hydrogens (tertiary/aromatic N) is 3. The third-order valence-corrected chi connectivity index (χ3v) is 6.01. The molecule has 4 aromatic rings. The Hall–Kier alpha value is -4.08. The van der Waals surface area contributed by atoms with E-state index in [0.29, 0.717) is 41.7 Å². The number of ether oxygens (including phenoxy) is 3. The zero-order valence-corrected chi connectivity index (χ0v) is 23.7. The topological polar surface area (TPSA) is 86.9 Å². The molecular formula is C31H34FN3O5. The molecule has 8 nitrogen and oxygen atoms in total. The summed E-state index contributed by atoms with van der Waals surface area (Å²) in [4.78, 5) is 18.6. The lowest BCUT2D eigenvalue weighted by Crippen LogP contribution is -2.32. The Labute approximate surface area is 233 Å². The molecule has 1 heterocycles. The molecule has 1 aromatic heterocycles. The molecule has 0 fully saturated rings. The van der Waals surface area contributed by atoms with Crippen LogP contribution in [-0.2, 0) is 27.4 Å². The van der Waals surface area contributed by atoms with Gasteiger partial charge in [0.25, 0.3) is 5.89 Å². The number of carbonyl (C=O) groups is 1. The molecule has 0 aliphatic rings. The lowest BCUT2D eigenvalue weighted by atomic mass is 9.97. The summed E-state index contributed by atoms with van der Waals surface area (Å²) in [6.45, 7) is 6.64. The largest absolute Gasteiger partial charge is 0.496 e. The van der Waals surface area contributed by atoms with Gasteiger partial charge in [-0.3, -0.25) is 9.69 Å². The number of halogens is 1. The van der Waals surface area contributed by atoms with Gasteiger partial charge in [0.2, 0.25) is 5.82 Å². The van der Waals surface area contributed by atoms with Crippen LogP contribution in [0.1, 0.15) is 31.9 Å². The first kappa shape index (κ1) is 28.9. The molecule has 9 heteroatoms. The highest BCUT2D eigenvalue weighted by atomic mass is 19.1. The van der Waals surface area contributed by atoms with Crippen molar-refractivity contribution in [1.82, 2.24) is 15.0 Å². The third-order valence-electron chi connectivity index (χ3n) is 6.01. The highest BCUT2D eigenvalue weighted by Crippen LogP contribution is 2.35. The summed E-state index contributed by atoms with van der Waals surface area (Å²) in [5.41, 5.74) is 4.27. The molecule has 0 aliphatic heterocycles. The predicted octanol–water partition coefficient (Wildman–Crippen LogP) is 6.14. The van der Waals surface area contributed by atoms with E-state index in [9.17, 15) is 9.18 Å². The van der Waals surface area contributed by atoms with Gasteiger partial charge in [-0.25, -0.2) is 4.39 Å². The van der Waals surface area contributed by atoms with E-state index in [1.54, 1.807) is 20.3 Å². The lowest BCUT2D eigenvalue weighted by Gasteiger charge is -2.22. The van der Waals surface area contributed by atoms with Crippen LogP contribution in [0.5, 0.6) is 5.75 Å². The number of carbonyl (C=O) groups excluding carboxylic acids is 1. The van der Waals surface area contributed by atoms with Gasteiger partial charge in [0.15, 0.2) is 0 Å². The van der Waals surface area contributed by atoms with E-state index in [0.717, 1.165) is 22.3 Å². The van der Waals surface area contributed by atoms with Crippen LogP contribution in [0.25, 0.3) is 34.0 Å². The third kappa shape index (κ3) is 7.31. The first-order chi connectivity index (χ1) is 19.1. The first-order valence-electron chi connectivity index (χ1n) is 12.9. The molecule has 0 bridgehead atoms. The minimum Gasteiger partial charge on any atom is -0.496 e. The van der Waals surface area contributed by atoms with E-state index in [-0.39, 0.29) is 18.3 Å². The number of hydrogen-bond donors (Lipinski definition) is 0. The Morgan fingerprint density at radius 2 is 1.70 bits per heavy atom. The summed E-state index contributed by atoms with van der Waals surface area (Å²) in [7, 11) is 5.02. The van der Waals surface area contributed by atoms with Gasteiger partial charge in [0.05, 0.1) is 20.3 Å². The van der Waals surface area contributed by atoms with Crippen LogP contribution in [0.15, 0.2) is 65.2 Å². The van der Waals surface area contributed by atoms with Crippen molar-refractivity contribution in [2.75, 3.05) is 27.8 Å². The molecular weight excluding hydrogens is 513 g/mol. The molecule has 0 amide bonds. The van der Waals surface area contributed by atoms with Crippen LogP contribution in [0.3, 0.4) is 0 Å². The molecule has 0 radical (unpaired) electrons. The van der Waals surface area contributed by atoms with Crippen LogP contribution in [-0.4, -0.2) is 54.4 Å². The Bertz CT molecular complexity index is 1460. The van der Waals surface area contributed by atoms with Crippen molar-refractivity contribution in [3.8, 4) is 39.7 Å². The maximum atomic E-state index is 14.0. The van der Waals surface area contributed by atoms with Gasteiger partial charge in [-0.2, -0.15) is 4.98 Å². The average molecular weight is 548 g/mol. The highest BCUT2D eigenvalue weighted by Gasteiger charge is 2.19. The minimum absolute atomic E-state index is 0.197. The fourth-order valence-corrected chi connectivity index (χ4v) is 4.33. The number of methoxy groups -OCH3 is 2. The normalized spacial score (nSPS) is 11.6. The SMILES string of the molecule is COCc1cc(-c2nc(-c3ccc(CN(C)CC(=O)OC(C)(C)C)cc3)no2)ccc1-c1cc(F)ccc1OC. The van der Waals surface area contributed by atoms with Gasteiger partial charge in [0.1, 0.15) is 17.2 Å². The van der Waals surface area contributed by atoms with E-state index >= 15 is 0 Å². The fraction of sp³-hybridized carbons (Fsp3) is 0.323. The Morgan fingerprint density at radius 3 is 2.38 bits per heavy atom. The maximum absolute atomic E-state index is 14.0. The summed E-state index contributed by atoms with van der Waals surface area (Å²) in [6.07, 6.45) is 0. The van der Waals surface area contributed by atoms with Crippen LogP contribution in [0, 0.1) is 5.82 Å². The summed E-state index contributed by atoms with van der Waals surface area (Å²) >= 11 is 0. The van der Waals surface area contributed by atoms with Gasteiger partial charge in [0, 0.05) is 30.3 Å². The van der Waals surface area contributed by atoms with Crippen molar-refractivity contribution in [2.45, 2.75) is 39.5 Å². The van der Waals surface area contributed by atoms with Gasteiger partial charge >= 0.3 is 5.97 Å². The maximum Gasteiger partial charge on any atom is 0.320 e. The fourth-order valence-electron chi connectivity index (χ4n) is 4.33. The van der Waals surface area contributed by atoms with Crippen LogP contribution in [0.2, 0.25) is 0 Å². The van der Waals surface area contributed by atoms with Gasteiger partial charge < -0.3 is 18.7 Å². The summed E-state index contributed by atoms with van der Waals surface area (Å²) < 4.78 is 35.9. The highest BCUT2D eigenvalue weighted by molar-refractivity contribution is 5.76. The molecule has 0 saturated heterocycles. The van der Waals surface area contributed by atoms with Crippen molar-refractivity contribution in [2.24, 2.45) is 0 Å². The number of benzene rings is 3. The molecule has 0 unspecified atom stereocenters. The molecule has 0 atom stereocenters. The van der Waals surface area contributed by atoms with E-state index in [1.807, 2.05) is 75.2 Å². The molecule has 4 rings (SSSR count). The van der Waals surface area contributed by atoms with Crippen molar-refractivity contribution in [3.63, 3.8) is 0 Å². The molecule has 0 aliphatic carbocycles. The monoisotopic (exact) mass is 547 g/mol. The van der Waals surface area contributed by atoms with Gasteiger partial charge in [-0.05, 0) is 74.8 Å². The molecule has 0 N–H and O–H groups in total. The van der Waals surface area contributed by atoms with Crippen molar-refractivity contribution in [3.05, 3.63) is 77.6 Å². The van der Waals surface area contributed by atoms with E-state index < -0.39 is 5.60 Å². The second kappa shape index (κ2) is 12.4. The summed E-state index contributed by atoms with van der Waals surface area (Å²) in [5.74, 6) is 0.748. The van der Waals surface area contributed by atoms with Crippen LogP contribution >= 0.6 is 0 Å². The quantitative estimate of drug-likeness (QED) is 0.219. The van der Waals surface area contributed by atoms with Crippen LogP contribution in [0.4, 0.5) is 4.39 Å². The standard InChI is InChI=1S/C31H34FN3O5/c1-31(2,3)39-28(36)18-35(4)17-20-7-9-21(10-8-20)29-33-30(40-34-29)22-11-13-25(23(15-22)19-37-5)26-16-24(32)12-14-27(26)38-6/h7-16H,17-19H2,1-6H3. The molecule has 3 aromatic carbocycles. The molecule has 40 heavy (non-hydrogen) atoms. The number of likely N-dealkylation sites (N-methyl/N-ethyl adjacent to an activating group) is 1. The predicted molar refractivity (Wildman–Crippen MR) is 150 cm³/mol. The summed E-state index contributed by atoms with van der Waals surface area (Å²) in [6, 6.07) is 17.8. The zero-order valence-electron chi connectivity index (χ0n) is 23.7. The first-order valence-corrected chi connectivity index (χ1v) is 12.9. The Balaban J connectivity index is 1.50. The second-order valence-corrected chi connectivity index (χ2v) is 10.5. The number of rotatable bonds is 10. The van der Waals surface area contributed by atoms with E-state index in [4.69, 9.17) is 18.7 Å². The average Bonchev–Trinajstić information content (AvgIpc) is 3.38. The number of aromatic nitrogens is 2. The van der Waals surface area contributed by atoms with Gasteiger partial charge in [-0.15, -0.1) is 0 Å². The van der Waals surface area contributed by atoms with E-state index in [1.165, 1.54) is 12.1 Å². The Morgan fingerprint density at radius 1 is 0.975 bits per heavy atom. The van der Waals surface area contributed by atoms with Crippen molar-refractivity contribution in [1.29, 1.82) is 0 Å². The lowest BCUT2D eigenvalue weighted by molar-refractivity contribution is -0.155. The molecule has 0 saturated carbocycles. The van der Waals surface area contributed by atoms with Gasteiger partial charge in [-0.1, -0.05) is 35.5 Å². The molecule has 210 valence electrons. The van der Waals surface area contributed by atoms with E-state index in [2.05, 4.69) is 10.1 Å².